The Bertz CT molecular complexity index is 3570. The van der Waals surface area contributed by atoms with Gasteiger partial charge in [-0.25, -0.2) is 4.98 Å². The first-order valence-electron chi connectivity index (χ1n) is 20.0. The molecule has 3 heteroatoms. The first-order valence-corrected chi connectivity index (χ1v) is 20.0. The molecule has 2 aliphatic carbocycles. The predicted octanol–water partition coefficient (Wildman–Crippen LogP) is 13.5. The number of hydrogen-bond acceptors (Lipinski definition) is 2. The summed E-state index contributed by atoms with van der Waals surface area (Å²) in [5, 5.41) is 10.0. The van der Waals surface area contributed by atoms with Crippen LogP contribution in [0.5, 0.6) is 0 Å². The summed E-state index contributed by atoms with van der Waals surface area (Å²) < 4.78 is 2.24. The molecule has 1 atom stereocenters. The fourth-order valence-corrected chi connectivity index (χ4v) is 10.5. The second kappa shape index (κ2) is 11.7. The van der Waals surface area contributed by atoms with E-state index in [4.69, 9.17) is 4.98 Å². The third kappa shape index (κ3) is 4.12. The average Bonchev–Trinajstić information content (AvgIpc) is 3.72. The van der Waals surface area contributed by atoms with Gasteiger partial charge in [0.1, 0.15) is 5.82 Å². The van der Waals surface area contributed by atoms with Crippen LogP contribution in [-0.2, 0) is 5.41 Å². The molecule has 0 saturated heterocycles. The Hall–Kier alpha value is -7.62. The molecule has 0 radical (unpaired) electrons. The van der Waals surface area contributed by atoms with Gasteiger partial charge in [0, 0.05) is 29.4 Å². The largest absolute Gasteiger partial charge is 0.294 e. The number of benzene rings is 8. The molecule has 0 fully saturated rings. The summed E-state index contributed by atoms with van der Waals surface area (Å²) in [6, 6.07) is 63.2. The van der Waals surface area contributed by atoms with Gasteiger partial charge < -0.3 is 0 Å². The summed E-state index contributed by atoms with van der Waals surface area (Å²) in [4.78, 5) is 9.31. The Labute approximate surface area is 334 Å². The number of aromatic nitrogens is 3. The molecular formula is C55H33N3. The second-order valence-electron chi connectivity index (χ2n) is 15.7. The zero-order chi connectivity index (χ0) is 38.0. The molecule has 3 heterocycles. The van der Waals surface area contributed by atoms with Gasteiger partial charge in [0.05, 0.1) is 16.4 Å². The molecule has 13 rings (SSSR count). The summed E-state index contributed by atoms with van der Waals surface area (Å²) in [6.07, 6.45) is 10.3. The molecule has 2 aliphatic rings. The highest BCUT2D eigenvalue weighted by Gasteiger charge is 2.48. The summed E-state index contributed by atoms with van der Waals surface area (Å²) >= 11 is 0. The summed E-state index contributed by atoms with van der Waals surface area (Å²) in [7, 11) is 0. The van der Waals surface area contributed by atoms with Crippen molar-refractivity contribution in [1.82, 2.24) is 14.5 Å². The van der Waals surface area contributed by atoms with Gasteiger partial charge in [-0.3, -0.25) is 9.55 Å². The van der Waals surface area contributed by atoms with Gasteiger partial charge in [-0.1, -0.05) is 133 Å². The molecule has 58 heavy (non-hydrogen) atoms. The fraction of sp³-hybridized carbons (Fsp3) is 0.0182. The van der Waals surface area contributed by atoms with Crippen LogP contribution in [0.25, 0.3) is 94.3 Å². The van der Waals surface area contributed by atoms with E-state index in [1.54, 1.807) is 0 Å². The molecule has 11 aromatic rings. The van der Waals surface area contributed by atoms with Crippen LogP contribution in [0.4, 0.5) is 0 Å². The van der Waals surface area contributed by atoms with Gasteiger partial charge in [0.2, 0.25) is 0 Å². The predicted molar refractivity (Wildman–Crippen MR) is 241 cm³/mol. The molecule has 1 spiro atoms. The summed E-state index contributed by atoms with van der Waals surface area (Å²) in [5.74, 6) is 0.894. The van der Waals surface area contributed by atoms with Crippen molar-refractivity contribution in [2.24, 2.45) is 0 Å². The normalized spacial score (nSPS) is 15.2. The van der Waals surface area contributed by atoms with Crippen molar-refractivity contribution >= 4 is 66.3 Å². The van der Waals surface area contributed by atoms with Crippen molar-refractivity contribution in [2.45, 2.75) is 5.41 Å². The third-order valence-corrected chi connectivity index (χ3v) is 13.0. The maximum absolute atomic E-state index is 4.74. The van der Waals surface area contributed by atoms with Gasteiger partial charge in [0.15, 0.2) is 0 Å². The second-order valence-corrected chi connectivity index (χ2v) is 15.7. The Morgan fingerprint density at radius 3 is 1.81 bits per heavy atom. The summed E-state index contributed by atoms with van der Waals surface area (Å²) in [5.41, 5.74) is 14.3. The van der Waals surface area contributed by atoms with Gasteiger partial charge in [-0.05, 0) is 136 Å². The van der Waals surface area contributed by atoms with Gasteiger partial charge >= 0.3 is 0 Å². The molecule has 1 unspecified atom stereocenters. The van der Waals surface area contributed by atoms with Crippen molar-refractivity contribution in [3.05, 3.63) is 222 Å². The van der Waals surface area contributed by atoms with Crippen LogP contribution >= 0.6 is 0 Å². The molecule has 268 valence electrons. The highest BCUT2D eigenvalue weighted by molar-refractivity contribution is 6.26. The van der Waals surface area contributed by atoms with Crippen LogP contribution in [0.15, 0.2) is 188 Å². The van der Waals surface area contributed by atoms with Crippen LogP contribution in [0.3, 0.4) is 0 Å². The molecular weight excluding hydrogens is 703 g/mol. The summed E-state index contributed by atoms with van der Waals surface area (Å²) in [6.45, 7) is 0. The molecule has 0 N–H and O–H groups in total. The van der Waals surface area contributed by atoms with Crippen molar-refractivity contribution in [2.75, 3.05) is 0 Å². The number of rotatable bonds is 2. The van der Waals surface area contributed by atoms with E-state index in [0.29, 0.717) is 0 Å². The zero-order valence-electron chi connectivity index (χ0n) is 31.4. The van der Waals surface area contributed by atoms with Crippen LogP contribution in [0.1, 0.15) is 33.4 Å². The Morgan fingerprint density at radius 1 is 0.379 bits per heavy atom. The minimum absolute atomic E-state index is 0.568. The van der Waals surface area contributed by atoms with Crippen LogP contribution in [-0.4, -0.2) is 14.5 Å². The van der Waals surface area contributed by atoms with Crippen LogP contribution < -0.4 is 0 Å². The van der Waals surface area contributed by atoms with Crippen LogP contribution in [0.2, 0.25) is 0 Å². The molecule has 0 bridgehead atoms. The lowest BCUT2D eigenvalue weighted by molar-refractivity contribution is 0.768. The number of nitrogens with zero attached hydrogens (tertiary/aromatic N) is 3. The highest BCUT2D eigenvalue weighted by atomic mass is 15.1. The van der Waals surface area contributed by atoms with Crippen molar-refractivity contribution in [3.63, 3.8) is 0 Å². The Balaban J connectivity index is 1.12. The smallest absolute Gasteiger partial charge is 0.137 e. The quantitative estimate of drug-likeness (QED) is 0.166. The van der Waals surface area contributed by atoms with E-state index in [1.165, 1.54) is 88.0 Å². The van der Waals surface area contributed by atoms with E-state index in [1.807, 2.05) is 30.7 Å². The maximum atomic E-state index is 4.74. The number of hydrogen-bond donors (Lipinski definition) is 0. The van der Waals surface area contributed by atoms with Crippen molar-refractivity contribution < 1.29 is 0 Å². The third-order valence-electron chi connectivity index (χ3n) is 13.0. The van der Waals surface area contributed by atoms with E-state index in [-0.39, 0.29) is 0 Å². The maximum Gasteiger partial charge on any atom is 0.137 e. The van der Waals surface area contributed by atoms with Gasteiger partial charge in [-0.15, -0.1) is 0 Å². The average molecular weight is 736 g/mol. The number of fused-ring (bicyclic) bond motifs is 18. The lowest BCUT2D eigenvalue weighted by atomic mass is 9.65. The van der Waals surface area contributed by atoms with E-state index in [2.05, 4.69) is 179 Å². The minimum Gasteiger partial charge on any atom is -0.294 e. The SMILES string of the molecule is C1=Cc2ccc(-c3ccc4c(c3)c3cnccc3n4-c3ccccn3)cc2C2(c3ccccc31)c1ccccc1-c1cc3c4ccccc4c4ccccc4c3cc12. The van der Waals surface area contributed by atoms with Crippen molar-refractivity contribution in [1.29, 1.82) is 0 Å². The molecule has 0 amide bonds. The highest BCUT2D eigenvalue weighted by Crippen LogP contribution is 2.60. The van der Waals surface area contributed by atoms with Gasteiger partial charge in [0.25, 0.3) is 0 Å². The molecule has 3 nitrogen and oxygen atoms in total. The van der Waals surface area contributed by atoms with E-state index < -0.39 is 5.41 Å². The zero-order valence-corrected chi connectivity index (χ0v) is 31.4. The number of pyridine rings is 2. The van der Waals surface area contributed by atoms with Crippen molar-refractivity contribution in [3.8, 4) is 28.1 Å². The standard InChI is InChI=1S/C55H33N3/c1-7-17-48-34(11-1)20-21-35-22-23-37(36-24-25-52-46(29-36)47-33-56-28-26-53(47)58(52)54-19-9-10-27-57-54)30-50(35)55(48)49-18-8-6-16-42(49)45-31-43-40-14-4-2-12-38(40)39-13-3-5-15-41(39)44(43)32-51(45)55/h1-33H. The molecule has 0 saturated carbocycles. The monoisotopic (exact) mass is 735 g/mol. The first-order chi connectivity index (χ1) is 28.8. The van der Waals surface area contributed by atoms with Crippen LogP contribution in [0, 0.1) is 0 Å². The molecule has 8 aromatic carbocycles. The lowest BCUT2D eigenvalue weighted by Crippen LogP contribution is -2.30. The topological polar surface area (TPSA) is 30.7 Å². The Morgan fingerprint density at radius 2 is 1.02 bits per heavy atom. The minimum atomic E-state index is -0.568. The molecule has 0 aliphatic heterocycles. The lowest BCUT2D eigenvalue weighted by Gasteiger charge is -2.36. The first kappa shape index (κ1) is 31.6. The van der Waals surface area contributed by atoms with E-state index in [9.17, 15) is 0 Å². The van der Waals surface area contributed by atoms with Gasteiger partial charge in [-0.2, -0.15) is 0 Å². The fourth-order valence-electron chi connectivity index (χ4n) is 10.5. The molecule has 3 aromatic heterocycles. The Kier molecular flexibility index (Phi) is 6.37. The van der Waals surface area contributed by atoms with E-state index in [0.717, 1.165) is 27.6 Å². The van der Waals surface area contributed by atoms with E-state index >= 15 is 0 Å².